The second kappa shape index (κ2) is 2.61. The molecular weight excluding hydrogens is 120 g/mol. The zero-order chi connectivity index (χ0) is 7.61. The Morgan fingerprint density at radius 3 is 2.70 bits per heavy atom. The van der Waals surface area contributed by atoms with Crippen LogP contribution in [0.2, 0.25) is 0 Å². The molecule has 0 saturated carbocycles. The standard InChI is InChI=1S/C10H16/c1-4-10(3)7-5-6-9(2)8-10/h5-6,8H,4,7H2,1-3H3/t10-/m1/s1. The van der Waals surface area contributed by atoms with Crippen LogP contribution in [0.5, 0.6) is 0 Å². The van der Waals surface area contributed by atoms with E-state index in [0.717, 1.165) is 0 Å². The summed E-state index contributed by atoms with van der Waals surface area (Å²) in [5, 5.41) is 0. The van der Waals surface area contributed by atoms with Gasteiger partial charge < -0.3 is 0 Å². The minimum atomic E-state index is 0.443. The van der Waals surface area contributed by atoms with Gasteiger partial charge in [-0.15, -0.1) is 0 Å². The minimum Gasteiger partial charge on any atom is -0.0834 e. The highest BCUT2D eigenvalue weighted by Crippen LogP contribution is 2.32. The van der Waals surface area contributed by atoms with Crippen LogP contribution in [-0.2, 0) is 0 Å². The Labute approximate surface area is 63.6 Å². The van der Waals surface area contributed by atoms with E-state index >= 15 is 0 Å². The summed E-state index contributed by atoms with van der Waals surface area (Å²) in [4.78, 5) is 0. The van der Waals surface area contributed by atoms with Crippen molar-refractivity contribution < 1.29 is 0 Å². The van der Waals surface area contributed by atoms with Gasteiger partial charge in [-0.1, -0.05) is 37.6 Å². The van der Waals surface area contributed by atoms with E-state index in [9.17, 15) is 0 Å². The maximum atomic E-state index is 2.38. The molecule has 0 unspecified atom stereocenters. The molecule has 1 aliphatic rings. The second-order valence-electron chi connectivity index (χ2n) is 3.50. The maximum absolute atomic E-state index is 2.38. The highest BCUT2D eigenvalue weighted by Gasteiger charge is 2.18. The van der Waals surface area contributed by atoms with Gasteiger partial charge in [0.25, 0.3) is 0 Å². The summed E-state index contributed by atoms with van der Waals surface area (Å²) in [6, 6.07) is 0. The van der Waals surface area contributed by atoms with Gasteiger partial charge in [0.15, 0.2) is 0 Å². The van der Waals surface area contributed by atoms with Crippen LogP contribution in [0.1, 0.15) is 33.6 Å². The van der Waals surface area contributed by atoms with Gasteiger partial charge in [0.2, 0.25) is 0 Å². The fraction of sp³-hybridized carbons (Fsp3) is 0.600. The second-order valence-corrected chi connectivity index (χ2v) is 3.50. The summed E-state index contributed by atoms with van der Waals surface area (Å²) in [5.41, 5.74) is 1.86. The van der Waals surface area contributed by atoms with Gasteiger partial charge in [-0.2, -0.15) is 0 Å². The Morgan fingerprint density at radius 1 is 1.60 bits per heavy atom. The van der Waals surface area contributed by atoms with Crippen LogP contribution in [0.4, 0.5) is 0 Å². The number of hydrogen-bond acceptors (Lipinski definition) is 0. The Bertz CT molecular complexity index is 174. The monoisotopic (exact) mass is 136 g/mol. The van der Waals surface area contributed by atoms with Crippen LogP contribution in [0, 0.1) is 5.41 Å². The first-order valence-electron chi connectivity index (χ1n) is 4.02. The summed E-state index contributed by atoms with van der Waals surface area (Å²) in [7, 11) is 0. The fourth-order valence-electron chi connectivity index (χ4n) is 1.42. The molecule has 1 rings (SSSR count). The molecule has 56 valence electrons. The molecule has 0 amide bonds. The van der Waals surface area contributed by atoms with Gasteiger partial charge in [0.05, 0.1) is 0 Å². The lowest BCUT2D eigenvalue weighted by molar-refractivity contribution is 0.411. The van der Waals surface area contributed by atoms with E-state index in [0.29, 0.717) is 5.41 Å². The molecule has 1 aliphatic carbocycles. The van der Waals surface area contributed by atoms with E-state index in [-0.39, 0.29) is 0 Å². The predicted octanol–water partition coefficient (Wildman–Crippen LogP) is 3.31. The highest BCUT2D eigenvalue weighted by atomic mass is 14.2. The number of allylic oxidation sites excluding steroid dienone is 4. The van der Waals surface area contributed by atoms with Crippen molar-refractivity contribution in [2.75, 3.05) is 0 Å². The molecule has 0 bridgehead atoms. The molecule has 0 aliphatic heterocycles. The third kappa shape index (κ3) is 1.50. The molecule has 0 N–H and O–H groups in total. The van der Waals surface area contributed by atoms with Crippen LogP contribution in [0.15, 0.2) is 23.8 Å². The summed E-state index contributed by atoms with van der Waals surface area (Å²) in [6.45, 7) is 6.74. The van der Waals surface area contributed by atoms with E-state index in [1.54, 1.807) is 0 Å². The minimum absolute atomic E-state index is 0.443. The quantitative estimate of drug-likeness (QED) is 0.518. The molecule has 0 heteroatoms. The maximum Gasteiger partial charge on any atom is -0.0109 e. The van der Waals surface area contributed by atoms with Crippen LogP contribution < -0.4 is 0 Å². The topological polar surface area (TPSA) is 0 Å². The molecule has 0 radical (unpaired) electrons. The van der Waals surface area contributed by atoms with Crippen molar-refractivity contribution >= 4 is 0 Å². The Morgan fingerprint density at radius 2 is 2.30 bits per heavy atom. The lowest BCUT2D eigenvalue weighted by Gasteiger charge is -2.25. The van der Waals surface area contributed by atoms with E-state index in [1.165, 1.54) is 18.4 Å². The van der Waals surface area contributed by atoms with Crippen LogP contribution in [0.3, 0.4) is 0 Å². The number of hydrogen-bond donors (Lipinski definition) is 0. The van der Waals surface area contributed by atoms with Crippen LogP contribution >= 0.6 is 0 Å². The molecule has 0 spiro atoms. The molecular formula is C10H16. The van der Waals surface area contributed by atoms with E-state index < -0.39 is 0 Å². The van der Waals surface area contributed by atoms with E-state index in [1.807, 2.05) is 0 Å². The fourth-order valence-corrected chi connectivity index (χ4v) is 1.42. The van der Waals surface area contributed by atoms with Crippen molar-refractivity contribution in [2.24, 2.45) is 5.41 Å². The van der Waals surface area contributed by atoms with Crippen molar-refractivity contribution in [1.29, 1.82) is 0 Å². The third-order valence-corrected chi connectivity index (χ3v) is 2.35. The van der Waals surface area contributed by atoms with Gasteiger partial charge in [-0.3, -0.25) is 0 Å². The zero-order valence-corrected chi connectivity index (χ0v) is 7.15. The normalized spacial score (nSPS) is 32.1. The van der Waals surface area contributed by atoms with Gasteiger partial charge in [0.1, 0.15) is 0 Å². The molecule has 10 heavy (non-hydrogen) atoms. The molecule has 0 aromatic heterocycles. The lowest BCUT2D eigenvalue weighted by Crippen LogP contribution is -2.12. The summed E-state index contributed by atoms with van der Waals surface area (Å²) >= 11 is 0. The Kier molecular flexibility index (Phi) is 1.98. The van der Waals surface area contributed by atoms with Crippen molar-refractivity contribution in [2.45, 2.75) is 33.6 Å². The highest BCUT2D eigenvalue weighted by molar-refractivity contribution is 5.24. The van der Waals surface area contributed by atoms with Gasteiger partial charge >= 0.3 is 0 Å². The molecule has 0 aromatic carbocycles. The molecule has 1 atom stereocenters. The van der Waals surface area contributed by atoms with Crippen molar-refractivity contribution in [3.63, 3.8) is 0 Å². The predicted molar refractivity (Wildman–Crippen MR) is 45.9 cm³/mol. The van der Waals surface area contributed by atoms with Gasteiger partial charge in [0, 0.05) is 0 Å². The van der Waals surface area contributed by atoms with Crippen molar-refractivity contribution in [3.8, 4) is 0 Å². The Balaban J connectivity index is 2.76. The average molecular weight is 136 g/mol. The van der Waals surface area contributed by atoms with Gasteiger partial charge in [-0.25, -0.2) is 0 Å². The zero-order valence-electron chi connectivity index (χ0n) is 7.15. The van der Waals surface area contributed by atoms with Crippen LogP contribution in [-0.4, -0.2) is 0 Å². The van der Waals surface area contributed by atoms with E-state index in [4.69, 9.17) is 0 Å². The first kappa shape index (κ1) is 7.59. The number of rotatable bonds is 1. The molecule has 0 heterocycles. The third-order valence-electron chi connectivity index (χ3n) is 2.35. The van der Waals surface area contributed by atoms with Crippen molar-refractivity contribution in [1.82, 2.24) is 0 Å². The molecule has 0 saturated heterocycles. The molecule has 0 nitrogen and oxygen atoms in total. The first-order chi connectivity index (χ1) is 4.66. The molecule has 0 fully saturated rings. The lowest BCUT2D eigenvalue weighted by atomic mass is 9.80. The Hall–Kier alpha value is -0.520. The smallest absolute Gasteiger partial charge is 0.0109 e. The summed E-state index contributed by atoms with van der Waals surface area (Å²) < 4.78 is 0. The first-order valence-corrected chi connectivity index (χ1v) is 4.02. The van der Waals surface area contributed by atoms with Crippen LogP contribution in [0.25, 0.3) is 0 Å². The van der Waals surface area contributed by atoms with E-state index in [2.05, 4.69) is 39.0 Å². The van der Waals surface area contributed by atoms with Crippen molar-refractivity contribution in [3.05, 3.63) is 23.8 Å². The largest absolute Gasteiger partial charge is 0.0834 e. The summed E-state index contributed by atoms with van der Waals surface area (Å²) in [5.74, 6) is 0. The average Bonchev–Trinajstić information content (AvgIpc) is 1.88. The SMILES string of the molecule is CC[C@@]1(C)C=C(C)C=CC1. The van der Waals surface area contributed by atoms with Gasteiger partial charge in [-0.05, 0) is 25.2 Å². The molecule has 0 aromatic rings. The summed E-state index contributed by atoms with van der Waals surface area (Å²) in [6.07, 6.45) is 9.32.